The highest BCUT2D eigenvalue weighted by Gasteiger charge is 2.38. The summed E-state index contributed by atoms with van der Waals surface area (Å²) in [6.07, 6.45) is 3.06. The summed E-state index contributed by atoms with van der Waals surface area (Å²) in [5.74, 6) is -1.33. The predicted octanol–water partition coefficient (Wildman–Crippen LogP) is 1.17. The highest BCUT2D eigenvalue weighted by molar-refractivity contribution is 7.09. The van der Waals surface area contributed by atoms with Gasteiger partial charge in [0, 0.05) is 31.5 Å². The predicted molar refractivity (Wildman–Crippen MR) is 74.4 cm³/mol. The summed E-state index contributed by atoms with van der Waals surface area (Å²) in [5.41, 5.74) is 0.704. The topological polar surface area (TPSA) is 79.7 Å². The number of carbonyl (C=O) groups is 2. The lowest BCUT2D eigenvalue weighted by molar-refractivity contribution is -0.146. The fourth-order valence-corrected chi connectivity index (χ4v) is 2.74. The molecule has 1 N–H and O–H groups in total. The van der Waals surface area contributed by atoms with Crippen molar-refractivity contribution in [2.45, 2.75) is 25.5 Å². The van der Waals surface area contributed by atoms with Crippen molar-refractivity contribution < 1.29 is 19.4 Å². The minimum atomic E-state index is -1.00. The number of aliphatic carboxylic acids is 1. The molecule has 0 saturated carbocycles. The average Bonchev–Trinajstić information content (AvgIpc) is 3.02. The molecule has 0 radical (unpaired) electrons. The van der Waals surface area contributed by atoms with Crippen LogP contribution in [0.4, 0.5) is 0 Å². The van der Waals surface area contributed by atoms with E-state index in [1.165, 1.54) is 29.4 Å². The molecule has 1 fully saturated rings. The highest BCUT2D eigenvalue weighted by Crippen LogP contribution is 2.21. The summed E-state index contributed by atoms with van der Waals surface area (Å²) in [6, 6.07) is -0.825. The number of ether oxygens (including phenoxy) is 1. The molecule has 0 bridgehead atoms. The lowest BCUT2D eigenvalue weighted by Crippen LogP contribution is -2.39. The van der Waals surface area contributed by atoms with Crippen LogP contribution >= 0.6 is 11.3 Å². The Bertz CT molecular complexity index is 540. The molecule has 7 heteroatoms. The van der Waals surface area contributed by atoms with Crippen molar-refractivity contribution in [2.75, 3.05) is 13.7 Å². The monoisotopic (exact) mass is 296 g/mol. The molecule has 20 heavy (non-hydrogen) atoms. The van der Waals surface area contributed by atoms with Crippen LogP contribution in [0.2, 0.25) is 0 Å². The number of nitrogens with zero attached hydrogens (tertiary/aromatic N) is 2. The number of amides is 1. The number of aryl methyl sites for hydroxylation is 1. The first-order valence-electron chi connectivity index (χ1n) is 6.17. The number of carboxylic acids is 1. The SMILES string of the molecule is COC1CC(C(=O)O)N(C(=O)/C=C/c2csc(C)n2)C1. The molecule has 0 aromatic carbocycles. The molecule has 1 aliphatic heterocycles. The maximum Gasteiger partial charge on any atom is 0.326 e. The molecule has 2 heterocycles. The molecular weight excluding hydrogens is 280 g/mol. The van der Waals surface area contributed by atoms with Gasteiger partial charge in [-0.2, -0.15) is 0 Å². The van der Waals surface area contributed by atoms with Crippen molar-refractivity contribution >= 4 is 29.3 Å². The van der Waals surface area contributed by atoms with Crippen LogP contribution in [-0.4, -0.2) is 52.7 Å². The van der Waals surface area contributed by atoms with Crippen molar-refractivity contribution in [1.82, 2.24) is 9.88 Å². The largest absolute Gasteiger partial charge is 0.480 e. The average molecular weight is 296 g/mol. The Labute approximate surface area is 120 Å². The van der Waals surface area contributed by atoms with E-state index in [9.17, 15) is 9.59 Å². The Morgan fingerprint density at radius 1 is 1.60 bits per heavy atom. The Kier molecular flexibility index (Phi) is 4.51. The van der Waals surface area contributed by atoms with Gasteiger partial charge in [0.1, 0.15) is 6.04 Å². The summed E-state index contributed by atoms with van der Waals surface area (Å²) in [7, 11) is 1.52. The third kappa shape index (κ3) is 3.23. The Morgan fingerprint density at radius 3 is 2.90 bits per heavy atom. The van der Waals surface area contributed by atoms with Gasteiger partial charge in [-0.3, -0.25) is 4.79 Å². The minimum Gasteiger partial charge on any atom is -0.480 e. The molecule has 1 aromatic rings. The van der Waals surface area contributed by atoms with Crippen molar-refractivity contribution in [2.24, 2.45) is 0 Å². The normalized spacial score (nSPS) is 22.6. The summed E-state index contributed by atoms with van der Waals surface area (Å²) in [4.78, 5) is 28.8. The van der Waals surface area contributed by atoms with Crippen LogP contribution in [0.15, 0.2) is 11.5 Å². The smallest absolute Gasteiger partial charge is 0.326 e. The van der Waals surface area contributed by atoms with Crippen molar-refractivity contribution in [1.29, 1.82) is 0 Å². The number of hydrogen-bond donors (Lipinski definition) is 1. The zero-order chi connectivity index (χ0) is 14.7. The second kappa shape index (κ2) is 6.15. The van der Waals surface area contributed by atoms with Gasteiger partial charge >= 0.3 is 5.97 Å². The van der Waals surface area contributed by atoms with Crippen LogP contribution in [0.25, 0.3) is 6.08 Å². The van der Waals surface area contributed by atoms with Gasteiger partial charge in [0.15, 0.2) is 0 Å². The number of rotatable bonds is 4. The number of thiazole rings is 1. The van der Waals surface area contributed by atoms with Crippen LogP contribution < -0.4 is 0 Å². The van der Waals surface area contributed by atoms with E-state index in [1.54, 1.807) is 6.08 Å². The van der Waals surface area contributed by atoms with Crippen LogP contribution in [0.5, 0.6) is 0 Å². The molecule has 2 unspecified atom stereocenters. The first kappa shape index (κ1) is 14.7. The fourth-order valence-electron chi connectivity index (χ4n) is 2.15. The second-order valence-electron chi connectivity index (χ2n) is 4.56. The van der Waals surface area contributed by atoms with Gasteiger partial charge in [-0.05, 0) is 13.0 Å². The standard InChI is InChI=1S/C13H16N2O4S/c1-8-14-9(7-20-8)3-4-12(16)15-6-10(19-2)5-11(15)13(17)18/h3-4,7,10-11H,5-6H2,1-2H3,(H,17,18)/b4-3+. The number of likely N-dealkylation sites (tertiary alicyclic amines) is 1. The van der Waals surface area contributed by atoms with E-state index >= 15 is 0 Å². The lowest BCUT2D eigenvalue weighted by Gasteiger charge is -2.19. The van der Waals surface area contributed by atoms with Gasteiger partial charge in [0.2, 0.25) is 5.91 Å². The van der Waals surface area contributed by atoms with Gasteiger partial charge in [0.05, 0.1) is 16.8 Å². The molecular formula is C13H16N2O4S. The molecule has 108 valence electrons. The first-order valence-corrected chi connectivity index (χ1v) is 7.05. The van der Waals surface area contributed by atoms with Gasteiger partial charge in [-0.1, -0.05) is 0 Å². The Balaban J connectivity index is 2.07. The van der Waals surface area contributed by atoms with E-state index in [2.05, 4.69) is 4.98 Å². The number of aromatic nitrogens is 1. The van der Waals surface area contributed by atoms with Gasteiger partial charge in [-0.15, -0.1) is 11.3 Å². The third-order valence-electron chi connectivity index (χ3n) is 3.20. The zero-order valence-corrected chi connectivity index (χ0v) is 12.1. The fraction of sp³-hybridized carbons (Fsp3) is 0.462. The van der Waals surface area contributed by atoms with E-state index in [0.717, 1.165) is 5.01 Å². The minimum absolute atomic E-state index is 0.227. The molecule has 2 atom stereocenters. The van der Waals surface area contributed by atoms with Crippen LogP contribution in [0.1, 0.15) is 17.1 Å². The summed E-state index contributed by atoms with van der Waals surface area (Å²) < 4.78 is 5.15. The molecule has 2 rings (SSSR count). The highest BCUT2D eigenvalue weighted by atomic mass is 32.1. The molecule has 1 aliphatic rings. The molecule has 0 spiro atoms. The summed E-state index contributed by atoms with van der Waals surface area (Å²) in [5, 5.41) is 11.9. The molecule has 1 aromatic heterocycles. The van der Waals surface area contributed by atoms with E-state index in [4.69, 9.17) is 9.84 Å². The Hall–Kier alpha value is -1.73. The van der Waals surface area contributed by atoms with Crippen molar-refractivity contribution in [3.05, 3.63) is 22.2 Å². The third-order valence-corrected chi connectivity index (χ3v) is 3.99. The maximum absolute atomic E-state index is 12.1. The number of methoxy groups -OCH3 is 1. The number of hydrogen-bond acceptors (Lipinski definition) is 5. The number of carboxylic acid groups (broad SMARTS) is 1. The maximum atomic E-state index is 12.1. The Morgan fingerprint density at radius 2 is 2.35 bits per heavy atom. The first-order chi connectivity index (χ1) is 9.51. The van der Waals surface area contributed by atoms with Gasteiger partial charge in [-0.25, -0.2) is 9.78 Å². The van der Waals surface area contributed by atoms with E-state index < -0.39 is 12.0 Å². The molecule has 1 amide bonds. The summed E-state index contributed by atoms with van der Waals surface area (Å²) in [6.45, 7) is 2.18. The quantitative estimate of drug-likeness (QED) is 0.844. The van der Waals surface area contributed by atoms with Crippen LogP contribution in [0, 0.1) is 6.92 Å². The molecule has 0 aliphatic carbocycles. The van der Waals surface area contributed by atoms with Crippen molar-refractivity contribution in [3.8, 4) is 0 Å². The van der Waals surface area contributed by atoms with E-state index in [-0.39, 0.29) is 12.0 Å². The van der Waals surface area contributed by atoms with E-state index in [0.29, 0.717) is 18.7 Å². The summed E-state index contributed by atoms with van der Waals surface area (Å²) >= 11 is 1.50. The number of carbonyl (C=O) groups excluding carboxylic acids is 1. The lowest BCUT2D eigenvalue weighted by atomic mass is 10.2. The second-order valence-corrected chi connectivity index (χ2v) is 5.62. The van der Waals surface area contributed by atoms with Gasteiger partial charge < -0.3 is 14.7 Å². The molecule has 6 nitrogen and oxygen atoms in total. The zero-order valence-electron chi connectivity index (χ0n) is 11.3. The van der Waals surface area contributed by atoms with Gasteiger partial charge in [0.25, 0.3) is 0 Å². The van der Waals surface area contributed by atoms with Crippen LogP contribution in [0.3, 0.4) is 0 Å². The van der Waals surface area contributed by atoms with Crippen LogP contribution in [-0.2, 0) is 14.3 Å². The van der Waals surface area contributed by atoms with Crippen molar-refractivity contribution in [3.63, 3.8) is 0 Å². The van der Waals surface area contributed by atoms with E-state index in [1.807, 2.05) is 12.3 Å². The molecule has 1 saturated heterocycles.